The van der Waals surface area contributed by atoms with Gasteiger partial charge >= 0.3 is 0 Å². The molecule has 1 unspecified atom stereocenters. The molecule has 0 bridgehead atoms. The number of benzene rings is 1. The minimum atomic E-state index is -0.0303. The molecule has 0 aliphatic rings. The van der Waals surface area contributed by atoms with Crippen LogP contribution in [-0.4, -0.2) is 0 Å². The second-order valence-corrected chi connectivity index (χ2v) is 7.48. The molecule has 0 radical (unpaired) electrons. The van der Waals surface area contributed by atoms with E-state index < -0.39 is 0 Å². The third kappa shape index (κ3) is 2.67. The van der Waals surface area contributed by atoms with Gasteiger partial charge in [-0.3, -0.25) is 0 Å². The van der Waals surface area contributed by atoms with Crippen LogP contribution in [0, 0.1) is 10.5 Å². The van der Waals surface area contributed by atoms with E-state index in [0.717, 1.165) is 3.79 Å². The van der Waals surface area contributed by atoms with Crippen molar-refractivity contribution in [2.24, 2.45) is 5.73 Å². The van der Waals surface area contributed by atoms with Crippen LogP contribution in [0.15, 0.2) is 34.1 Å². The van der Waals surface area contributed by atoms with Crippen molar-refractivity contribution in [3.05, 3.63) is 53.7 Å². The van der Waals surface area contributed by atoms with E-state index >= 15 is 0 Å². The Kier molecular flexibility index (Phi) is 4.05. The van der Waals surface area contributed by atoms with Crippen molar-refractivity contribution in [3.63, 3.8) is 0 Å². The first-order chi connectivity index (χ1) is 7.58. The average Bonchev–Trinajstić information content (AvgIpc) is 2.57. The Bertz CT molecular complexity index is 509. The molecule has 0 saturated carbocycles. The monoisotopic (exact) mass is 407 g/mol. The predicted molar refractivity (Wildman–Crippen MR) is 81.9 cm³/mol. The molecule has 1 aromatic heterocycles. The Labute approximate surface area is 121 Å². The summed E-state index contributed by atoms with van der Waals surface area (Å²) in [6.07, 6.45) is 0. The number of hydrogen-bond donors (Lipinski definition) is 1. The van der Waals surface area contributed by atoms with Gasteiger partial charge < -0.3 is 5.73 Å². The van der Waals surface area contributed by atoms with Crippen molar-refractivity contribution in [2.45, 2.75) is 13.0 Å². The van der Waals surface area contributed by atoms with E-state index in [1.807, 2.05) is 6.07 Å². The largest absolute Gasteiger partial charge is 0.320 e. The fraction of sp³-hybridized carbons (Fsp3) is 0.167. The molecule has 1 heterocycles. The molecule has 1 aromatic carbocycles. The van der Waals surface area contributed by atoms with Gasteiger partial charge in [0, 0.05) is 8.45 Å². The third-order valence-corrected chi connectivity index (χ3v) is 4.71. The molecule has 0 saturated heterocycles. The molecule has 1 nitrogen and oxygen atoms in total. The van der Waals surface area contributed by atoms with E-state index in [2.05, 4.69) is 69.7 Å². The maximum Gasteiger partial charge on any atom is 0.0704 e. The molecule has 0 spiro atoms. The fourth-order valence-electron chi connectivity index (χ4n) is 1.65. The summed E-state index contributed by atoms with van der Waals surface area (Å²) in [5.41, 5.74) is 8.66. The molecule has 0 aliphatic carbocycles. The number of thiophene rings is 1. The molecule has 2 rings (SSSR count). The molecule has 0 amide bonds. The Morgan fingerprint density at radius 2 is 2.12 bits per heavy atom. The number of halogens is 2. The zero-order chi connectivity index (χ0) is 11.7. The molecule has 2 aromatic rings. The number of rotatable bonds is 2. The van der Waals surface area contributed by atoms with Crippen molar-refractivity contribution in [3.8, 4) is 0 Å². The molecular weight excluding hydrogens is 397 g/mol. The zero-order valence-electron chi connectivity index (χ0n) is 8.71. The SMILES string of the molecule is Cc1sc(Br)cc1C(N)c1cccc(I)c1. The van der Waals surface area contributed by atoms with E-state index in [1.54, 1.807) is 11.3 Å². The van der Waals surface area contributed by atoms with Crippen LogP contribution in [0.3, 0.4) is 0 Å². The maximum atomic E-state index is 6.28. The van der Waals surface area contributed by atoms with Gasteiger partial charge in [-0.1, -0.05) is 12.1 Å². The van der Waals surface area contributed by atoms with Crippen LogP contribution >= 0.6 is 49.9 Å². The standard InChI is InChI=1S/C12H11BrINS/c1-7-10(6-11(13)16-7)12(15)8-3-2-4-9(14)5-8/h2-6,12H,15H2,1H3. The summed E-state index contributed by atoms with van der Waals surface area (Å²) in [6, 6.07) is 10.4. The van der Waals surface area contributed by atoms with Gasteiger partial charge in [0.25, 0.3) is 0 Å². The third-order valence-electron chi connectivity index (χ3n) is 2.47. The Morgan fingerprint density at radius 3 is 2.69 bits per heavy atom. The molecular formula is C12H11BrINS. The number of nitrogens with two attached hydrogens (primary N) is 1. The van der Waals surface area contributed by atoms with Gasteiger partial charge in [0.2, 0.25) is 0 Å². The molecule has 0 aliphatic heterocycles. The molecule has 84 valence electrons. The predicted octanol–water partition coefficient (Wildman–Crippen LogP) is 4.47. The van der Waals surface area contributed by atoms with Crippen molar-refractivity contribution in [1.82, 2.24) is 0 Å². The molecule has 16 heavy (non-hydrogen) atoms. The van der Waals surface area contributed by atoms with Gasteiger partial charge in [0.15, 0.2) is 0 Å². The summed E-state index contributed by atoms with van der Waals surface area (Å²) < 4.78 is 2.36. The Balaban J connectivity index is 2.38. The van der Waals surface area contributed by atoms with Gasteiger partial charge in [0.1, 0.15) is 0 Å². The van der Waals surface area contributed by atoms with Crippen LogP contribution in [0.25, 0.3) is 0 Å². The zero-order valence-corrected chi connectivity index (χ0v) is 13.3. The highest BCUT2D eigenvalue weighted by molar-refractivity contribution is 14.1. The Hall–Kier alpha value is 0.0900. The highest BCUT2D eigenvalue weighted by Crippen LogP contribution is 2.32. The van der Waals surface area contributed by atoms with Crippen LogP contribution in [-0.2, 0) is 0 Å². The fourth-order valence-corrected chi connectivity index (χ4v) is 3.97. The second kappa shape index (κ2) is 5.16. The average molecular weight is 408 g/mol. The quantitative estimate of drug-likeness (QED) is 0.730. The van der Waals surface area contributed by atoms with Gasteiger partial charge in [-0.15, -0.1) is 11.3 Å². The highest BCUT2D eigenvalue weighted by Gasteiger charge is 2.14. The number of hydrogen-bond acceptors (Lipinski definition) is 2. The molecule has 2 N–H and O–H groups in total. The first-order valence-electron chi connectivity index (χ1n) is 4.85. The van der Waals surface area contributed by atoms with Gasteiger partial charge in [0.05, 0.1) is 9.83 Å². The van der Waals surface area contributed by atoms with Crippen LogP contribution in [0.2, 0.25) is 0 Å². The van der Waals surface area contributed by atoms with Crippen molar-refractivity contribution >= 4 is 49.9 Å². The summed E-state index contributed by atoms with van der Waals surface area (Å²) in [4.78, 5) is 1.28. The highest BCUT2D eigenvalue weighted by atomic mass is 127. The summed E-state index contributed by atoms with van der Waals surface area (Å²) in [6.45, 7) is 2.11. The van der Waals surface area contributed by atoms with Crippen molar-refractivity contribution in [1.29, 1.82) is 0 Å². The van der Waals surface area contributed by atoms with Crippen LogP contribution in [0.5, 0.6) is 0 Å². The van der Waals surface area contributed by atoms with E-state index in [4.69, 9.17) is 5.73 Å². The van der Waals surface area contributed by atoms with Gasteiger partial charge in [-0.05, 0) is 74.8 Å². The lowest BCUT2D eigenvalue weighted by atomic mass is 10.0. The van der Waals surface area contributed by atoms with E-state index in [0.29, 0.717) is 0 Å². The topological polar surface area (TPSA) is 26.0 Å². The van der Waals surface area contributed by atoms with E-state index in [-0.39, 0.29) is 6.04 Å². The minimum Gasteiger partial charge on any atom is -0.320 e. The summed E-state index contributed by atoms with van der Waals surface area (Å²) in [5.74, 6) is 0. The van der Waals surface area contributed by atoms with Gasteiger partial charge in [-0.2, -0.15) is 0 Å². The van der Waals surface area contributed by atoms with Crippen molar-refractivity contribution < 1.29 is 0 Å². The lowest BCUT2D eigenvalue weighted by molar-refractivity contribution is 0.868. The normalized spacial score (nSPS) is 12.8. The van der Waals surface area contributed by atoms with Crippen LogP contribution < -0.4 is 5.73 Å². The van der Waals surface area contributed by atoms with E-state index in [1.165, 1.54) is 19.6 Å². The van der Waals surface area contributed by atoms with E-state index in [9.17, 15) is 0 Å². The molecule has 0 fully saturated rings. The van der Waals surface area contributed by atoms with Crippen LogP contribution in [0.1, 0.15) is 22.0 Å². The number of aryl methyl sites for hydroxylation is 1. The summed E-state index contributed by atoms with van der Waals surface area (Å²) in [7, 11) is 0. The van der Waals surface area contributed by atoms with Gasteiger partial charge in [-0.25, -0.2) is 0 Å². The Morgan fingerprint density at radius 1 is 1.38 bits per heavy atom. The smallest absolute Gasteiger partial charge is 0.0704 e. The first-order valence-corrected chi connectivity index (χ1v) is 7.53. The minimum absolute atomic E-state index is 0.0303. The summed E-state index contributed by atoms with van der Waals surface area (Å²) >= 11 is 7.54. The molecule has 4 heteroatoms. The van der Waals surface area contributed by atoms with Crippen LogP contribution in [0.4, 0.5) is 0 Å². The second-order valence-electron chi connectivity index (χ2n) is 3.59. The first kappa shape index (κ1) is 12.5. The maximum absolute atomic E-state index is 6.28. The lowest BCUT2D eigenvalue weighted by Crippen LogP contribution is -2.11. The molecule has 1 atom stereocenters. The summed E-state index contributed by atoms with van der Waals surface area (Å²) in [5, 5.41) is 0. The lowest BCUT2D eigenvalue weighted by Gasteiger charge is -2.12. The van der Waals surface area contributed by atoms with Crippen molar-refractivity contribution in [2.75, 3.05) is 0 Å².